The smallest absolute Gasteiger partial charge is 0.272 e. The molecule has 3 heterocycles. The van der Waals surface area contributed by atoms with E-state index in [4.69, 9.17) is 0 Å². The largest absolute Gasteiger partial charge is 0.376 e. The van der Waals surface area contributed by atoms with Gasteiger partial charge in [0, 0.05) is 60.0 Å². The summed E-state index contributed by atoms with van der Waals surface area (Å²) in [5.74, 6) is 0.106. The first kappa shape index (κ1) is 22.2. The number of aromatic amines is 1. The fourth-order valence-corrected chi connectivity index (χ4v) is 3.32. The van der Waals surface area contributed by atoms with Gasteiger partial charge in [-0.2, -0.15) is 6.07 Å². The van der Waals surface area contributed by atoms with E-state index in [0.29, 0.717) is 28.5 Å². The van der Waals surface area contributed by atoms with Gasteiger partial charge in [-0.05, 0) is 12.1 Å². The first-order valence-electron chi connectivity index (χ1n) is 9.14. The van der Waals surface area contributed by atoms with Crippen LogP contribution in [0.15, 0.2) is 42.7 Å². The third-order valence-corrected chi connectivity index (χ3v) is 4.66. The molecule has 0 radical (unpaired) electrons. The third-order valence-electron chi connectivity index (χ3n) is 4.66. The van der Waals surface area contributed by atoms with E-state index in [9.17, 15) is 14.4 Å². The Kier molecular flexibility index (Phi) is 6.26. The van der Waals surface area contributed by atoms with Crippen molar-refractivity contribution in [2.75, 3.05) is 10.6 Å². The normalized spacial score (nSPS) is 10.5. The maximum absolute atomic E-state index is 12.7. The molecule has 9 nitrogen and oxygen atoms in total. The van der Waals surface area contributed by atoms with E-state index in [2.05, 4.69) is 20.6 Å². The molecule has 0 spiro atoms. The molecule has 1 aromatic carbocycles. The summed E-state index contributed by atoms with van der Waals surface area (Å²) in [7, 11) is 3.58. The number of hydrogen-bond donors (Lipinski definition) is 3. The second-order valence-electron chi connectivity index (χ2n) is 7.00. The van der Waals surface area contributed by atoms with Crippen LogP contribution < -0.4 is 10.6 Å². The zero-order chi connectivity index (χ0) is 21.4. The van der Waals surface area contributed by atoms with Crippen molar-refractivity contribution in [1.29, 1.82) is 0 Å². The van der Waals surface area contributed by atoms with Crippen LogP contribution in [0.4, 0.5) is 11.4 Å². The number of nitrogens with zero attached hydrogens (tertiary/aromatic N) is 3. The van der Waals surface area contributed by atoms with Crippen molar-refractivity contribution in [2.24, 2.45) is 14.1 Å². The van der Waals surface area contributed by atoms with Gasteiger partial charge in [-0.15, -0.1) is 11.6 Å². The number of carbonyl (C=O) groups is 2. The number of aromatic nitrogens is 4. The Hall–Kier alpha value is -3.45. The van der Waals surface area contributed by atoms with Crippen LogP contribution in [0, 0.1) is 0 Å². The first-order valence-corrected chi connectivity index (χ1v) is 9.14. The number of carbonyl (C=O) groups excluding carboxylic acids is 3. The number of hydrogen-bond acceptors (Lipinski definition) is 4. The Morgan fingerprint density at radius 1 is 1.03 bits per heavy atom. The quantitative estimate of drug-likeness (QED) is 0.312. The van der Waals surface area contributed by atoms with Gasteiger partial charge < -0.3 is 29.5 Å². The maximum Gasteiger partial charge on any atom is 0.272 e. The van der Waals surface area contributed by atoms with Gasteiger partial charge in [-0.25, -0.2) is 4.98 Å². The number of anilines is 2. The Morgan fingerprint density at radius 2 is 1.74 bits per heavy atom. The second-order valence-corrected chi connectivity index (χ2v) is 7.00. The summed E-state index contributed by atoms with van der Waals surface area (Å²) >= 11 is 0. The Balaban J connectivity index is 0.00000272. The predicted molar refractivity (Wildman–Crippen MR) is 113 cm³/mol. The number of nitrogens with one attached hydrogen (secondary N) is 3. The van der Waals surface area contributed by atoms with Crippen molar-refractivity contribution >= 4 is 40.5 Å². The van der Waals surface area contributed by atoms with Crippen molar-refractivity contribution in [3.05, 3.63) is 54.0 Å². The number of amides is 2. The van der Waals surface area contributed by atoms with Crippen molar-refractivity contribution < 1.29 is 35.4 Å². The number of fused-ring (bicyclic) bond motifs is 1. The molecule has 4 aromatic rings. The zero-order valence-corrected chi connectivity index (χ0v) is 19.9. The summed E-state index contributed by atoms with van der Waals surface area (Å²) in [5, 5.41) is 5.52. The molecule has 0 aliphatic heterocycles. The van der Waals surface area contributed by atoms with Gasteiger partial charge in [0.15, 0.2) is 5.82 Å². The minimum Gasteiger partial charge on any atom is -0.376 e. The van der Waals surface area contributed by atoms with Gasteiger partial charge in [-0.1, -0.05) is 6.07 Å². The van der Waals surface area contributed by atoms with Crippen LogP contribution >= 0.6 is 0 Å². The van der Waals surface area contributed by atoms with Gasteiger partial charge in [0.05, 0.1) is 28.9 Å². The monoisotopic (exact) mass is 587 g/mol. The molecule has 2 amide bonds. The summed E-state index contributed by atoms with van der Waals surface area (Å²) in [4.78, 5) is 42.5. The molecular weight excluding hydrogens is 568 g/mol. The topological polar surface area (TPSA) is 114 Å². The molecule has 0 aliphatic carbocycles. The molecule has 0 saturated carbocycles. The Bertz CT molecular complexity index is 1300. The van der Waals surface area contributed by atoms with Crippen LogP contribution in [-0.2, 0) is 44.7 Å². The van der Waals surface area contributed by atoms with E-state index in [1.807, 2.05) is 17.9 Å². The number of benzene rings is 1. The summed E-state index contributed by atoms with van der Waals surface area (Å²) in [5.41, 5.74) is 4.23. The second kappa shape index (κ2) is 8.73. The minimum atomic E-state index is -0.304. The summed E-state index contributed by atoms with van der Waals surface area (Å²) in [6.07, 6.45) is 5.31. The molecule has 3 aromatic heterocycles. The molecule has 0 fully saturated rings. The van der Waals surface area contributed by atoms with E-state index in [-0.39, 0.29) is 32.9 Å². The fraction of sp³-hybridized carbons (Fsp3) is 0.143. The molecule has 0 saturated heterocycles. The number of aryl methyl sites for hydroxylation is 2. The SMILES string of the molecule is CC(=O)Nc1cc(C(=O)Nc2cc(-c3nc4ccc([C-]=O)cc4[nH]3)n(C)c2)n(C)c1.[W]. The first-order chi connectivity index (χ1) is 14.3. The predicted octanol–water partition coefficient (Wildman–Crippen LogP) is 2.57. The molecule has 10 heteroatoms. The molecule has 0 atom stereocenters. The van der Waals surface area contributed by atoms with Crippen molar-refractivity contribution in [3.8, 4) is 11.5 Å². The average molecular weight is 587 g/mol. The van der Waals surface area contributed by atoms with Gasteiger partial charge in [0.1, 0.15) is 5.69 Å². The fourth-order valence-electron chi connectivity index (χ4n) is 3.32. The molecule has 158 valence electrons. The van der Waals surface area contributed by atoms with Crippen LogP contribution in [0.5, 0.6) is 0 Å². The van der Waals surface area contributed by atoms with Gasteiger partial charge >= 0.3 is 0 Å². The van der Waals surface area contributed by atoms with Crippen LogP contribution in [0.1, 0.15) is 23.0 Å². The molecular formula is C21H19N6O3W-. The standard InChI is InChI=1S/C21H19N6O3.W/c1-12(29)22-14-8-19(27(3)9-14)21(30)23-15-7-18(26(2)10-15)20-24-16-5-4-13(11-28)6-17(16)25-20;/h4-10H,1-3H3,(H,22,29)(H,23,30)(H,24,25);/q-1;. The van der Waals surface area contributed by atoms with E-state index in [1.54, 1.807) is 54.3 Å². The van der Waals surface area contributed by atoms with E-state index >= 15 is 0 Å². The number of rotatable bonds is 5. The summed E-state index contributed by atoms with van der Waals surface area (Å²) in [6.45, 7) is 1.41. The number of imidazole rings is 1. The van der Waals surface area contributed by atoms with Gasteiger partial charge in [-0.3, -0.25) is 9.59 Å². The van der Waals surface area contributed by atoms with Crippen LogP contribution in [0.25, 0.3) is 22.6 Å². The summed E-state index contributed by atoms with van der Waals surface area (Å²) < 4.78 is 3.49. The molecule has 31 heavy (non-hydrogen) atoms. The van der Waals surface area contributed by atoms with Gasteiger partial charge in [0.2, 0.25) is 5.91 Å². The Labute approximate surface area is 192 Å². The molecule has 0 bridgehead atoms. The van der Waals surface area contributed by atoms with E-state index in [0.717, 1.165) is 16.7 Å². The minimum absolute atomic E-state index is 0. The van der Waals surface area contributed by atoms with E-state index in [1.165, 1.54) is 6.92 Å². The zero-order valence-electron chi connectivity index (χ0n) is 17.0. The van der Waals surface area contributed by atoms with Crippen molar-refractivity contribution in [1.82, 2.24) is 19.1 Å². The van der Waals surface area contributed by atoms with Crippen molar-refractivity contribution in [3.63, 3.8) is 0 Å². The van der Waals surface area contributed by atoms with Crippen LogP contribution in [0.2, 0.25) is 0 Å². The Morgan fingerprint density at radius 3 is 2.45 bits per heavy atom. The molecule has 3 N–H and O–H groups in total. The number of H-pyrrole nitrogens is 1. The maximum atomic E-state index is 12.7. The van der Waals surface area contributed by atoms with Gasteiger partial charge in [0.25, 0.3) is 5.91 Å². The van der Waals surface area contributed by atoms with Crippen LogP contribution in [-0.4, -0.2) is 37.2 Å². The van der Waals surface area contributed by atoms with E-state index < -0.39 is 0 Å². The molecule has 4 rings (SSSR count). The average Bonchev–Trinajstić information content (AvgIpc) is 3.36. The van der Waals surface area contributed by atoms with Crippen LogP contribution in [0.3, 0.4) is 0 Å². The molecule has 0 aliphatic rings. The molecule has 0 unspecified atom stereocenters. The van der Waals surface area contributed by atoms with Crippen molar-refractivity contribution in [2.45, 2.75) is 6.92 Å². The summed E-state index contributed by atoms with van der Waals surface area (Å²) in [6, 6.07) is 8.52. The third kappa shape index (κ3) is 4.51.